The minimum atomic E-state index is 0.464. The average molecular weight is 450 g/mol. The minimum absolute atomic E-state index is 0.464. The summed E-state index contributed by atoms with van der Waals surface area (Å²) in [6, 6.07) is 8.71. The topological polar surface area (TPSA) is 62.3 Å². The van der Waals surface area contributed by atoms with Crippen LogP contribution in [0.2, 0.25) is 0 Å². The van der Waals surface area contributed by atoms with E-state index in [2.05, 4.69) is 48.3 Å². The average Bonchev–Trinajstić information content (AvgIpc) is 2.84. The Morgan fingerprint density at radius 2 is 1.88 bits per heavy atom. The number of nitrogens with zero attached hydrogens (tertiary/aromatic N) is 3. The van der Waals surface area contributed by atoms with E-state index in [9.17, 15) is 0 Å². The lowest BCUT2D eigenvalue weighted by Gasteiger charge is -2.30. The van der Waals surface area contributed by atoms with E-state index in [0.29, 0.717) is 18.6 Å². The Labute approximate surface area is 198 Å². The largest absolute Gasteiger partial charge is 0.489 e. The monoisotopic (exact) mass is 449 g/mol. The zero-order valence-electron chi connectivity index (χ0n) is 20.3. The predicted octanol–water partition coefficient (Wildman–Crippen LogP) is 4.75. The second-order valence-electron chi connectivity index (χ2n) is 9.60. The van der Waals surface area contributed by atoms with Crippen molar-refractivity contribution in [3.05, 3.63) is 53.7 Å². The van der Waals surface area contributed by atoms with E-state index in [1.165, 1.54) is 55.3 Å². The fraction of sp³-hybridized carbons (Fsp3) is 0.556. The molecule has 1 aromatic heterocycles. The van der Waals surface area contributed by atoms with Crippen LogP contribution in [-0.2, 0) is 19.4 Å². The molecule has 178 valence electrons. The smallest absolute Gasteiger partial charge is 0.225 e. The third-order valence-electron chi connectivity index (χ3n) is 6.84. The van der Waals surface area contributed by atoms with Gasteiger partial charge in [-0.05, 0) is 69.9 Å². The van der Waals surface area contributed by atoms with E-state index in [1.807, 2.05) is 12.1 Å². The SMILES string of the molecule is C=CCOc1ccccc1CNC[C@H]1CC[C@@H](Nc2nc3c(c(N(C)C)n2)CCCC3)CC1. The second kappa shape index (κ2) is 11.5. The molecule has 2 aliphatic carbocycles. The zero-order chi connectivity index (χ0) is 23.0. The zero-order valence-corrected chi connectivity index (χ0v) is 20.3. The highest BCUT2D eigenvalue weighted by Gasteiger charge is 2.24. The van der Waals surface area contributed by atoms with Gasteiger partial charge in [-0.25, -0.2) is 4.98 Å². The molecule has 0 saturated heterocycles. The number of benzene rings is 1. The van der Waals surface area contributed by atoms with Crippen molar-refractivity contribution >= 4 is 11.8 Å². The highest BCUT2D eigenvalue weighted by Crippen LogP contribution is 2.30. The summed E-state index contributed by atoms with van der Waals surface area (Å²) in [5.74, 6) is 3.57. The van der Waals surface area contributed by atoms with E-state index in [1.54, 1.807) is 6.08 Å². The quantitative estimate of drug-likeness (QED) is 0.511. The van der Waals surface area contributed by atoms with Gasteiger partial charge in [-0.2, -0.15) is 4.98 Å². The van der Waals surface area contributed by atoms with Crippen LogP contribution >= 0.6 is 0 Å². The lowest BCUT2D eigenvalue weighted by atomic mass is 9.86. The van der Waals surface area contributed by atoms with Crippen LogP contribution in [0.4, 0.5) is 11.8 Å². The van der Waals surface area contributed by atoms with Gasteiger partial charge >= 0.3 is 0 Å². The van der Waals surface area contributed by atoms with Crippen molar-refractivity contribution in [1.29, 1.82) is 0 Å². The first-order valence-corrected chi connectivity index (χ1v) is 12.5. The molecule has 6 heteroatoms. The molecule has 0 spiro atoms. The van der Waals surface area contributed by atoms with Crippen molar-refractivity contribution < 1.29 is 4.74 Å². The number of fused-ring (bicyclic) bond motifs is 1. The van der Waals surface area contributed by atoms with Crippen molar-refractivity contribution in [3.63, 3.8) is 0 Å². The predicted molar refractivity (Wildman–Crippen MR) is 136 cm³/mol. The van der Waals surface area contributed by atoms with Crippen LogP contribution in [0.1, 0.15) is 55.3 Å². The highest BCUT2D eigenvalue weighted by molar-refractivity contribution is 5.52. The molecule has 0 amide bonds. The molecule has 2 aromatic rings. The van der Waals surface area contributed by atoms with E-state index in [0.717, 1.165) is 43.4 Å². The lowest BCUT2D eigenvalue weighted by molar-refractivity contribution is 0.321. The van der Waals surface area contributed by atoms with E-state index >= 15 is 0 Å². The second-order valence-corrected chi connectivity index (χ2v) is 9.60. The van der Waals surface area contributed by atoms with Crippen molar-refractivity contribution in [3.8, 4) is 5.75 Å². The Bertz CT molecular complexity index is 921. The molecule has 2 aliphatic rings. The standard InChI is InChI=1S/C27H39N5O/c1-4-17-33-25-12-8-5-9-21(25)19-28-18-20-13-15-22(16-14-20)29-27-30-24-11-7-6-10-23(24)26(31-27)32(2)3/h4-5,8-9,12,20,22,28H,1,6-7,10-11,13-19H2,2-3H3,(H,29,30,31)/t20-,22+. The van der Waals surface area contributed by atoms with Crippen molar-refractivity contribution in [2.24, 2.45) is 5.92 Å². The van der Waals surface area contributed by atoms with Crippen LogP contribution in [0.5, 0.6) is 5.75 Å². The number of rotatable bonds is 10. The molecular formula is C27H39N5O. The normalized spacial score (nSPS) is 20.1. The van der Waals surface area contributed by atoms with E-state index in [-0.39, 0.29) is 0 Å². The van der Waals surface area contributed by atoms with Crippen LogP contribution in [-0.4, -0.2) is 43.3 Å². The molecule has 0 radical (unpaired) electrons. The Kier molecular flexibility index (Phi) is 8.21. The molecule has 4 rings (SSSR count). The first-order valence-electron chi connectivity index (χ1n) is 12.5. The molecule has 1 heterocycles. The summed E-state index contributed by atoms with van der Waals surface area (Å²) >= 11 is 0. The maximum absolute atomic E-state index is 5.78. The van der Waals surface area contributed by atoms with Gasteiger partial charge in [-0.3, -0.25) is 0 Å². The van der Waals surface area contributed by atoms with Crippen molar-refractivity contribution in [2.75, 3.05) is 37.5 Å². The van der Waals surface area contributed by atoms with Crippen LogP contribution in [0, 0.1) is 5.92 Å². The third-order valence-corrected chi connectivity index (χ3v) is 6.84. The number of anilines is 2. The van der Waals surface area contributed by atoms with Crippen LogP contribution in [0.3, 0.4) is 0 Å². The van der Waals surface area contributed by atoms with Gasteiger partial charge in [-0.15, -0.1) is 0 Å². The molecule has 6 nitrogen and oxygen atoms in total. The molecule has 0 unspecified atom stereocenters. The number of nitrogens with one attached hydrogen (secondary N) is 2. The fourth-order valence-electron chi connectivity index (χ4n) is 5.05. The summed E-state index contributed by atoms with van der Waals surface area (Å²) in [6.07, 6.45) is 11.2. The molecular weight excluding hydrogens is 410 g/mol. The molecule has 0 bridgehead atoms. The minimum Gasteiger partial charge on any atom is -0.489 e. The number of hydrogen-bond acceptors (Lipinski definition) is 6. The Balaban J connectivity index is 1.25. The van der Waals surface area contributed by atoms with Crippen molar-refractivity contribution in [2.45, 2.75) is 64.0 Å². The number of para-hydroxylation sites is 1. The van der Waals surface area contributed by atoms with E-state index in [4.69, 9.17) is 14.7 Å². The van der Waals surface area contributed by atoms with Gasteiger partial charge in [0.2, 0.25) is 5.95 Å². The molecule has 1 saturated carbocycles. The van der Waals surface area contributed by atoms with Crippen LogP contribution in [0.25, 0.3) is 0 Å². The summed E-state index contributed by atoms with van der Waals surface area (Å²) in [4.78, 5) is 11.9. The number of hydrogen-bond donors (Lipinski definition) is 2. The summed E-state index contributed by atoms with van der Waals surface area (Å²) in [5.41, 5.74) is 3.80. The molecule has 0 aliphatic heterocycles. The van der Waals surface area contributed by atoms with Gasteiger partial charge in [-0.1, -0.05) is 30.9 Å². The molecule has 1 aromatic carbocycles. The number of ether oxygens (including phenoxy) is 1. The lowest BCUT2D eigenvalue weighted by Crippen LogP contribution is -2.32. The Morgan fingerprint density at radius 3 is 2.67 bits per heavy atom. The third kappa shape index (κ3) is 6.26. The molecule has 2 N–H and O–H groups in total. The van der Waals surface area contributed by atoms with Gasteiger partial charge in [0.1, 0.15) is 18.2 Å². The Morgan fingerprint density at radius 1 is 1.09 bits per heavy atom. The summed E-state index contributed by atoms with van der Waals surface area (Å²) in [6.45, 7) is 6.16. The molecule has 33 heavy (non-hydrogen) atoms. The van der Waals surface area contributed by atoms with Gasteiger partial charge in [0.15, 0.2) is 0 Å². The summed E-state index contributed by atoms with van der Waals surface area (Å²) in [7, 11) is 4.17. The number of aryl methyl sites for hydroxylation is 1. The van der Waals surface area contributed by atoms with Gasteiger partial charge in [0.05, 0.1) is 5.69 Å². The van der Waals surface area contributed by atoms with Crippen LogP contribution in [0.15, 0.2) is 36.9 Å². The maximum atomic E-state index is 5.78. The Hall–Kier alpha value is -2.60. The van der Waals surface area contributed by atoms with Gasteiger partial charge in [0, 0.05) is 37.8 Å². The van der Waals surface area contributed by atoms with Gasteiger partial charge < -0.3 is 20.3 Å². The molecule has 1 fully saturated rings. The highest BCUT2D eigenvalue weighted by atomic mass is 16.5. The summed E-state index contributed by atoms with van der Waals surface area (Å²) < 4.78 is 5.78. The van der Waals surface area contributed by atoms with E-state index < -0.39 is 0 Å². The van der Waals surface area contributed by atoms with Gasteiger partial charge in [0.25, 0.3) is 0 Å². The number of aromatic nitrogens is 2. The molecule has 0 atom stereocenters. The fourth-order valence-corrected chi connectivity index (χ4v) is 5.05. The van der Waals surface area contributed by atoms with Crippen molar-refractivity contribution in [1.82, 2.24) is 15.3 Å². The first kappa shape index (κ1) is 23.6. The van der Waals surface area contributed by atoms with Crippen LogP contribution < -0.4 is 20.3 Å². The summed E-state index contributed by atoms with van der Waals surface area (Å²) in [5, 5.41) is 7.31. The first-order chi connectivity index (χ1) is 16.1. The maximum Gasteiger partial charge on any atom is 0.225 e.